The second kappa shape index (κ2) is 5.72. The molecule has 0 saturated heterocycles. The van der Waals surface area contributed by atoms with Crippen LogP contribution in [0.3, 0.4) is 0 Å². The molecule has 0 aliphatic heterocycles. The summed E-state index contributed by atoms with van der Waals surface area (Å²) >= 11 is 0. The molecule has 0 spiro atoms. The van der Waals surface area contributed by atoms with Crippen molar-refractivity contribution in [3.8, 4) is 6.19 Å². The van der Waals surface area contributed by atoms with Crippen LogP contribution in [0.15, 0.2) is 0 Å². The van der Waals surface area contributed by atoms with E-state index in [1.54, 1.807) is 11.8 Å². The first-order chi connectivity index (χ1) is 5.20. The second-order valence-corrected chi connectivity index (χ2v) is 2.49. The predicted molar refractivity (Wildman–Crippen MR) is 42.8 cm³/mol. The zero-order valence-electron chi connectivity index (χ0n) is 7.13. The molecule has 3 heteroatoms. The van der Waals surface area contributed by atoms with Gasteiger partial charge >= 0.3 is 0 Å². The molecule has 0 heterocycles. The maximum atomic E-state index is 10.5. The molecule has 0 fully saturated rings. The lowest BCUT2D eigenvalue weighted by atomic mass is 10.2. The molecule has 0 amide bonds. The summed E-state index contributed by atoms with van der Waals surface area (Å²) in [7, 11) is 0. The second-order valence-electron chi connectivity index (χ2n) is 2.49. The van der Waals surface area contributed by atoms with Gasteiger partial charge in [0.15, 0.2) is 6.19 Å². The van der Waals surface area contributed by atoms with Gasteiger partial charge in [0, 0.05) is 19.5 Å². The van der Waals surface area contributed by atoms with E-state index in [-0.39, 0.29) is 5.78 Å². The molecule has 0 unspecified atom stereocenters. The van der Waals surface area contributed by atoms with Crippen molar-refractivity contribution in [3.05, 3.63) is 0 Å². The summed E-state index contributed by atoms with van der Waals surface area (Å²) in [6.07, 6.45) is 3.42. The maximum Gasteiger partial charge on any atom is 0.179 e. The van der Waals surface area contributed by atoms with Gasteiger partial charge in [-0.3, -0.25) is 0 Å². The van der Waals surface area contributed by atoms with Gasteiger partial charge in [-0.05, 0) is 20.3 Å². The highest BCUT2D eigenvalue weighted by Crippen LogP contribution is 1.93. The fraction of sp³-hybridized carbons (Fsp3) is 0.750. The number of ketones is 1. The third kappa shape index (κ3) is 5.41. The van der Waals surface area contributed by atoms with E-state index in [1.807, 2.05) is 13.1 Å². The Hall–Kier alpha value is -1.04. The van der Waals surface area contributed by atoms with Gasteiger partial charge in [-0.25, -0.2) is 0 Å². The zero-order chi connectivity index (χ0) is 8.69. The summed E-state index contributed by atoms with van der Waals surface area (Å²) in [4.78, 5) is 12.1. The molecule has 0 aromatic rings. The van der Waals surface area contributed by atoms with Gasteiger partial charge in [0.25, 0.3) is 0 Å². The van der Waals surface area contributed by atoms with Crippen molar-refractivity contribution in [2.75, 3.05) is 13.1 Å². The fourth-order valence-corrected chi connectivity index (χ4v) is 0.798. The summed E-state index contributed by atoms with van der Waals surface area (Å²) < 4.78 is 0. The molecule has 11 heavy (non-hydrogen) atoms. The van der Waals surface area contributed by atoms with Crippen LogP contribution >= 0.6 is 0 Å². The first-order valence-corrected chi connectivity index (χ1v) is 3.84. The van der Waals surface area contributed by atoms with E-state index in [0.29, 0.717) is 13.0 Å². The van der Waals surface area contributed by atoms with Gasteiger partial charge in [-0.2, -0.15) is 5.26 Å². The van der Waals surface area contributed by atoms with Gasteiger partial charge in [-0.1, -0.05) is 0 Å². The van der Waals surface area contributed by atoms with E-state index in [1.165, 1.54) is 0 Å². The monoisotopic (exact) mass is 154 g/mol. The van der Waals surface area contributed by atoms with Crippen LogP contribution in [0, 0.1) is 11.5 Å². The number of carbonyl (C=O) groups excluding carboxylic acids is 1. The minimum Gasteiger partial charge on any atom is -0.311 e. The maximum absolute atomic E-state index is 10.5. The number of hydrogen-bond acceptors (Lipinski definition) is 3. The molecular weight excluding hydrogens is 140 g/mol. The van der Waals surface area contributed by atoms with E-state index in [9.17, 15) is 4.79 Å². The Morgan fingerprint density at radius 1 is 1.64 bits per heavy atom. The molecule has 3 nitrogen and oxygen atoms in total. The minimum atomic E-state index is 0.194. The summed E-state index contributed by atoms with van der Waals surface area (Å²) in [5.74, 6) is 0.194. The Morgan fingerprint density at radius 2 is 2.27 bits per heavy atom. The third-order valence-electron chi connectivity index (χ3n) is 1.48. The molecule has 0 aromatic carbocycles. The van der Waals surface area contributed by atoms with E-state index < -0.39 is 0 Å². The van der Waals surface area contributed by atoms with Crippen molar-refractivity contribution < 1.29 is 4.79 Å². The molecule has 0 aromatic heterocycles. The van der Waals surface area contributed by atoms with E-state index in [2.05, 4.69) is 0 Å². The quantitative estimate of drug-likeness (QED) is 0.441. The van der Waals surface area contributed by atoms with Crippen LogP contribution in [-0.4, -0.2) is 23.8 Å². The Balaban J connectivity index is 3.38. The highest BCUT2D eigenvalue weighted by Gasteiger charge is 1.98. The van der Waals surface area contributed by atoms with Crippen LogP contribution in [0.2, 0.25) is 0 Å². The smallest absolute Gasteiger partial charge is 0.179 e. The molecule has 0 bridgehead atoms. The summed E-state index contributed by atoms with van der Waals surface area (Å²) in [6.45, 7) is 4.93. The standard InChI is InChI=1S/C8H14N2O/c1-3-10(7-9)6-4-5-8(2)11/h3-6H2,1-2H3. The van der Waals surface area contributed by atoms with Crippen LogP contribution in [0.4, 0.5) is 0 Å². The summed E-state index contributed by atoms with van der Waals surface area (Å²) in [5.41, 5.74) is 0. The Morgan fingerprint density at radius 3 is 2.64 bits per heavy atom. The molecule has 0 N–H and O–H groups in total. The molecule has 0 aliphatic rings. The van der Waals surface area contributed by atoms with Crippen molar-refractivity contribution >= 4 is 5.78 Å². The van der Waals surface area contributed by atoms with Crippen LogP contribution in [0.1, 0.15) is 26.7 Å². The third-order valence-corrected chi connectivity index (χ3v) is 1.48. The first kappa shape index (κ1) is 9.96. The normalized spacial score (nSPS) is 8.82. The predicted octanol–water partition coefficient (Wildman–Crippen LogP) is 1.16. The number of carbonyl (C=O) groups is 1. The van der Waals surface area contributed by atoms with Gasteiger partial charge in [0.1, 0.15) is 5.78 Å². The average Bonchev–Trinajstić information content (AvgIpc) is 1.98. The lowest BCUT2D eigenvalue weighted by Gasteiger charge is -2.10. The van der Waals surface area contributed by atoms with Gasteiger partial charge in [0.2, 0.25) is 0 Å². The molecule has 0 radical (unpaired) electrons. The van der Waals surface area contributed by atoms with Crippen molar-refractivity contribution in [1.29, 1.82) is 5.26 Å². The molecule has 0 saturated carbocycles. The van der Waals surface area contributed by atoms with Crippen molar-refractivity contribution in [3.63, 3.8) is 0 Å². The van der Waals surface area contributed by atoms with Crippen molar-refractivity contribution in [1.82, 2.24) is 4.90 Å². The zero-order valence-corrected chi connectivity index (χ0v) is 7.13. The number of Topliss-reactive ketones (excluding diaryl/α,β-unsaturated/α-hetero) is 1. The summed E-state index contributed by atoms with van der Waals surface area (Å²) in [6, 6.07) is 0. The SMILES string of the molecule is CCN(C#N)CCCC(C)=O. The number of nitriles is 1. The molecule has 0 rings (SSSR count). The molecular formula is C8H14N2O. The molecule has 62 valence electrons. The van der Waals surface area contributed by atoms with Gasteiger partial charge < -0.3 is 9.69 Å². The first-order valence-electron chi connectivity index (χ1n) is 3.84. The Labute approximate surface area is 67.6 Å². The number of nitrogens with zero attached hydrogens (tertiary/aromatic N) is 2. The molecule has 0 atom stereocenters. The lowest BCUT2D eigenvalue weighted by molar-refractivity contribution is -0.117. The minimum absolute atomic E-state index is 0.194. The average molecular weight is 154 g/mol. The number of rotatable bonds is 5. The summed E-state index contributed by atoms with van der Waals surface area (Å²) in [5, 5.41) is 8.48. The fourth-order valence-electron chi connectivity index (χ4n) is 0.798. The van der Waals surface area contributed by atoms with E-state index in [0.717, 1.165) is 13.0 Å². The topological polar surface area (TPSA) is 44.1 Å². The van der Waals surface area contributed by atoms with Crippen LogP contribution in [-0.2, 0) is 4.79 Å². The van der Waals surface area contributed by atoms with E-state index >= 15 is 0 Å². The number of hydrogen-bond donors (Lipinski definition) is 0. The molecule has 0 aliphatic carbocycles. The van der Waals surface area contributed by atoms with E-state index in [4.69, 9.17) is 5.26 Å². The van der Waals surface area contributed by atoms with Crippen LogP contribution in [0.25, 0.3) is 0 Å². The largest absolute Gasteiger partial charge is 0.311 e. The lowest BCUT2D eigenvalue weighted by Crippen LogP contribution is -2.18. The Kier molecular flexibility index (Phi) is 5.18. The highest BCUT2D eigenvalue weighted by molar-refractivity contribution is 5.75. The Bertz CT molecular complexity index is 160. The van der Waals surface area contributed by atoms with Gasteiger partial charge in [-0.15, -0.1) is 0 Å². The van der Waals surface area contributed by atoms with Crippen LogP contribution in [0.5, 0.6) is 0 Å². The van der Waals surface area contributed by atoms with Crippen LogP contribution < -0.4 is 0 Å². The van der Waals surface area contributed by atoms with Gasteiger partial charge in [0.05, 0.1) is 0 Å². The van der Waals surface area contributed by atoms with Crippen molar-refractivity contribution in [2.45, 2.75) is 26.7 Å². The highest BCUT2D eigenvalue weighted by atomic mass is 16.1. The van der Waals surface area contributed by atoms with Crippen molar-refractivity contribution in [2.24, 2.45) is 0 Å².